The molecule has 1 aromatic heterocycles. The number of nitrogens with two attached hydrogens (primary N) is 2. The van der Waals surface area contributed by atoms with Gasteiger partial charge < -0.3 is 11.5 Å². The molecule has 0 aromatic carbocycles. The van der Waals surface area contributed by atoms with Gasteiger partial charge in [-0.3, -0.25) is 0 Å². The molecule has 0 atom stereocenters. The number of hydrogen-bond acceptors (Lipinski definition) is 4. The first-order valence-corrected chi connectivity index (χ1v) is 4.89. The van der Waals surface area contributed by atoms with Crippen LogP contribution in [0.2, 0.25) is 0 Å². The lowest BCUT2D eigenvalue weighted by Crippen LogP contribution is -2.29. The van der Waals surface area contributed by atoms with Gasteiger partial charge in [-0.15, -0.1) is 0 Å². The van der Waals surface area contributed by atoms with Crippen LogP contribution in [0.5, 0.6) is 0 Å². The van der Waals surface area contributed by atoms with Crippen LogP contribution < -0.4 is 11.5 Å². The van der Waals surface area contributed by atoms with Gasteiger partial charge in [-0.1, -0.05) is 6.07 Å². The highest BCUT2D eigenvalue weighted by molar-refractivity contribution is 5.93. The molecule has 5 heteroatoms. The number of nitrogens with zero attached hydrogens (tertiary/aromatic N) is 2. The molecular formula is C10H14N5+. The first-order chi connectivity index (χ1) is 7.18. The van der Waals surface area contributed by atoms with E-state index >= 15 is 0 Å². The molecule has 0 amide bonds. The number of pyridine rings is 1. The van der Waals surface area contributed by atoms with Gasteiger partial charge in [-0.05, 0) is 18.6 Å². The van der Waals surface area contributed by atoms with E-state index in [2.05, 4.69) is 4.98 Å². The third-order valence-corrected chi connectivity index (χ3v) is 2.44. The highest BCUT2D eigenvalue weighted by Crippen LogP contribution is 2.07. The number of nitrogens with one attached hydrogen (secondary N) is 1. The van der Waals surface area contributed by atoms with Gasteiger partial charge in [0, 0.05) is 6.42 Å². The highest BCUT2D eigenvalue weighted by Gasteiger charge is 2.21. The summed E-state index contributed by atoms with van der Waals surface area (Å²) < 4.78 is 1.78. The van der Waals surface area contributed by atoms with Crippen molar-refractivity contribution in [2.75, 3.05) is 12.3 Å². The minimum Gasteiger partial charge on any atom is -0.384 e. The van der Waals surface area contributed by atoms with Gasteiger partial charge >= 0.3 is 0 Å². The molecule has 0 radical (unpaired) electrons. The van der Waals surface area contributed by atoms with Crippen molar-refractivity contribution in [3.63, 3.8) is 0 Å². The second-order valence-electron chi connectivity index (χ2n) is 3.54. The molecule has 1 aromatic rings. The first kappa shape index (κ1) is 9.64. The van der Waals surface area contributed by atoms with Crippen LogP contribution in [-0.2, 0) is 0 Å². The summed E-state index contributed by atoms with van der Waals surface area (Å²) in [6, 6.07) is 5.26. The van der Waals surface area contributed by atoms with E-state index in [1.807, 2.05) is 0 Å². The zero-order chi connectivity index (χ0) is 10.8. The Balaban J connectivity index is 2.32. The molecule has 78 valence electrons. The van der Waals surface area contributed by atoms with E-state index in [1.54, 1.807) is 22.8 Å². The molecule has 1 aliphatic rings. The minimum atomic E-state index is 0.331. The number of amidine groups is 2. The number of nitrogen functional groups attached to an aromatic ring is 1. The largest absolute Gasteiger partial charge is 0.384 e. The Morgan fingerprint density at radius 3 is 2.80 bits per heavy atom. The Morgan fingerprint density at radius 1 is 1.40 bits per heavy atom. The molecule has 0 spiro atoms. The molecule has 15 heavy (non-hydrogen) atoms. The summed E-state index contributed by atoms with van der Waals surface area (Å²) in [6.07, 6.45) is 1.85. The van der Waals surface area contributed by atoms with Crippen LogP contribution >= 0.6 is 0 Å². The van der Waals surface area contributed by atoms with E-state index in [4.69, 9.17) is 16.9 Å². The molecule has 2 heterocycles. The van der Waals surface area contributed by atoms with Crippen molar-refractivity contribution in [2.24, 2.45) is 5.73 Å². The Bertz CT molecular complexity index is 435. The standard InChI is InChI=1S/C10H13N5/c11-8-4-1-3-7(14-8)10(13)15-6-2-5-9(15)12/h1,3-4,12-13H,2,5-6H2,(H2,11,14)/p+1. The highest BCUT2D eigenvalue weighted by atomic mass is 15.1. The molecular weight excluding hydrogens is 190 g/mol. The first-order valence-electron chi connectivity index (χ1n) is 4.89. The van der Waals surface area contributed by atoms with Gasteiger partial charge in [0.05, 0.1) is 6.54 Å². The summed E-state index contributed by atoms with van der Waals surface area (Å²) in [4.78, 5) is 4.09. The Morgan fingerprint density at radius 2 is 2.20 bits per heavy atom. The average molecular weight is 204 g/mol. The summed E-state index contributed by atoms with van der Waals surface area (Å²) in [5.74, 6) is 1.50. The van der Waals surface area contributed by atoms with Gasteiger partial charge in [0.2, 0.25) is 0 Å². The monoisotopic (exact) mass is 204 g/mol. The predicted molar refractivity (Wildman–Crippen MR) is 59.0 cm³/mol. The molecule has 0 fully saturated rings. The molecule has 0 saturated carbocycles. The topological polar surface area (TPSA) is 91.8 Å². The summed E-state index contributed by atoms with van der Waals surface area (Å²) in [5, 5.41) is 7.96. The Labute approximate surface area is 87.9 Å². The SMILES string of the molecule is N=C(c1cccc(N)n1)[N+]1=C(N)CCC1. The van der Waals surface area contributed by atoms with Gasteiger partial charge in [-0.25, -0.2) is 9.56 Å². The molecule has 5 nitrogen and oxygen atoms in total. The van der Waals surface area contributed by atoms with Gasteiger partial charge in [0.25, 0.3) is 5.84 Å². The fraction of sp³-hybridized carbons (Fsp3) is 0.300. The predicted octanol–water partition coefficient (Wildman–Crippen LogP) is 0.153. The smallest absolute Gasteiger partial charge is 0.280 e. The maximum Gasteiger partial charge on any atom is 0.280 e. The van der Waals surface area contributed by atoms with E-state index in [9.17, 15) is 0 Å². The zero-order valence-electron chi connectivity index (χ0n) is 8.40. The maximum atomic E-state index is 7.96. The van der Waals surface area contributed by atoms with E-state index in [1.165, 1.54) is 0 Å². The Hall–Kier alpha value is -1.91. The summed E-state index contributed by atoms with van der Waals surface area (Å²) >= 11 is 0. The van der Waals surface area contributed by atoms with Crippen molar-refractivity contribution in [1.29, 1.82) is 5.41 Å². The van der Waals surface area contributed by atoms with Crippen molar-refractivity contribution in [3.8, 4) is 0 Å². The van der Waals surface area contributed by atoms with Gasteiger partial charge in [-0.2, -0.15) is 5.41 Å². The van der Waals surface area contributed by atoms with Crippen LogP contribution in [-0.4, -0.2) is 27.8 Å². The van der Waals surface area contributed by atoms with Crippen LogP contribution in [0.25, 0.3) is 0 Å². The molecule has 0 aliphatic carbocycles. The van der Waals surface area contributed by atoms with Gasteiger partial charge in [0.15, 0.2) is 5.84 Å². The fourth-order valence-electron chi connectivity index (χ4n) is 1.67. The third-order valence-electron chi connectivity index (χ3n) is 2.44. The normalized spacial score (nSPS) is 15.7. The third kappa shape index (κ3) is 1.81. The van der Waals surface area contributed by atoms with E-state index < -0.39 is 0 Å². The minimum absolute atomic E-state index is 0.331. The van der Waals surface area contributed by atoms with E-state index in [-0.39, 0.29) is 0 Å². The molecule has 2 rings (SSSR count). The van der Waals surface area contributed by atoms with Crippen LogP contribution in [0, 0.1) is 5.41 Å². The fourth-order valence-corrected chi connectivity index (χ4v) is 1.67. The van der Waals surface area contributed by atoms with Crippen LogP contribution in [0.15, 0.2) is 18.2 Å². The second kappa shape index (κ2) is 3.68. The van der Waals surface area contributed by atoms with Crippen LogP contribution in [0.1, 0.15) is 18.5 Å². The number of aromatic nitrogens is 1. The molecule has 0 unspecified atom stereocenters. The van der Waals surface area contributed by atoms with E-state index in [0.717, 1.165) is 25.2 Å². The maximum absolute atomic E-state index is 7.96. The molecule has 5 N–H and O–H groups in total. The number of hydrogen-bond donors (Lipinski definition) is 3. The van der Waals surface area contributed by atoms with Crippen LogP contribution in [0.4, 0.5) is 5.82 Å². The number of rotatable bonds is 1. The number of anilines is 1. The lowest BCUT2D eigenvalue weighted by molar-refractivity contribution is -0.399. The van der Waals surface area contributed by atoms with Crippen molar-refractivity contribution in [2.45, 2.75) is 12.8 Å². The lowest BCUT2D eigenvalue weighted by Gasteiger charge is -2.03. The molecule has 0 bridgehead atoms. The van der Waals surface area contributed by atoms with Crippen molar-refractivity contribution in [3.05, 3.63) is 23.9 Å². The quantitative estimate of drug-likeness (QED) is 0.345. The van der Waals surface area contributed by atoms with Crippen molar-refractivity contribution in [1.82, 2.24) is 4.98 Å². The van der Waals surface area contributed by atoms with Crippen molar-refractivity contribution < 1.29 is 4.58 Å². The Kier molecular flexibility index (Phi) is 2.37. The summed E-state index contributed by atoms with van der Waals surface area (Å²) in [5.41, 5.74) is 11.9. The van der Waals surface area contributed by atoms with Crippen molar-refractivity contribution >= 4 is 17.5 Å². The van der Waals surface area contributed by atoms with E-state index in [0.29, 0.717) is 17.3 Å². The summed E-state index contributed by atoms with van der Waals surface area (Å²) in [7, 11) is 0. The molecule has 1 aliphatic heterocycles. The summed E-state index contributed by atoms with van der Waals surface area (Å²) in [6.45, 7) is 0.793. The second-order valence-corrected chi connectivity index (χ2v) is 3.54. The lowest BCUT2D eigenvalue weighted by atomic mass is 10.3. The molecule has 0 saturated heterocycles. The van der Waals surface area contributed by atoms with Crippen LogP contribution in [0.3, 0.4) is 0 Å². The zero-order valence-corrected chi connectivity index (χ0v) is 8.40. The average Bonchev–Trinajstić information content (AvgIpc) is 2.63. The van der Waals surface area contributed by atoms with Gasteiger partial charge in [0.1, 0.15) is 11.5 Å².